The standard InChI is InChI=1S/C16H15ClN4/c1-20(2)15-13(9-8-12-6-4-3-5-7-12)21-14(19-15)10-11-18-16(21)17/h3-11H,1-2H3/b9-8+. The summed E-state index contributed by atoms with van der Waals surface area (Å²) < 4.78 is 1.84. The molecule has 0 saturated heterocycles. The highest BCUT2D eigenvalue weighted by Crippen LogP contribution is 2.24. The second-order valence-corrected chi connectivity index (χ2v) is 5.20. The van der Waals surface area contributed by atoms with Crippen molar-refractivity contribution in [1.82, 2.24) is 14.4 Å². The van der Waals surface area contributed by atoms with Gasteiger partial charge >= 0.3 is 0 Å². The van der Waals surface area contributed by atoms with Crippen LogP contribution in [0.15, 0.2) is 42.6 Å². The fraction of sp³-hybridized carbons (Fsp3) is 0.125. The molecule has 0 aliphatic carbocycles. The number of halogens is 1. The first-order valence-electron chi connectivity index (χ1n) is 6.60. The fourth-order valence-electron chi connectivity index (χ4n) is 2.19. The quantitative estimate of drug-likeness (QED) is 0.693. The summed E-state index contributed by atoms with van der Waals surface area (Å²) in [4.78, 5) is 10.7. The fourth-order valence-corrected chi connectivity index (χ4v) is 2.42. The smallest absolute Gasteiger partial charge is 0.209 e. The van der Waals surface area contributed by atoms with Crippen molar-refractivity contribution >= 4 is 35.2 Å². The van der Waals surface area contributed by atoms with Crippen LogP contribution in [0.1, 0.15) is 11.3 Å². The van der Waals surface area contributed by atoms with Gasteiger partial charge in [0.1, 0.15) is 5.65 Å². The lowest BCUT2D eigenvalue weighted by Crippen LogP contribution is -2.10. The highest BCUT2D eigenvalue weighted by molar-refractivity contribution is 6.28. The van der Waals surface area contributed by atoms with Crippen LogP contribution in [0.5, 0.6) is 0 Å². The predicted octanol–water partition coefficient (Wildman–Crippen LogP) is 3.62. The minimum atomic E-state index is 0.404. The molecule has 0 aliphatic heterocycles. The average molecular weight is 299 g/mol. The van der Waals surface area contributed by atoms with Gasteiger partial charge in [-0.2, -0.15) is 0 Å². The third-order valence-corrected chi connectivity index (χ3v) is 3.43. The molecule has 0 unspecified atom stereocenters. The van der Waals surface area contributed by atoms with E-state index in [4.69, 9.17) is 11.6 Å². The summed E-state index contributed by atoms with van der Waals surface area (Å²) >= 11 is 6.22. The van der Waals surface area contributed by atoms with Crippen molar-refractivity contribution in [3.63, 3.8) is 0 Å². The van der Waals surface area contributed by atoms with E-state index in [1.54, 1.807) is 6.20 Å². The van der Waals surface area contributed by atoms with Crippen molar-refractivity contribution in [1.29, 1.82) is 0 Å². The molecular formula is C16H15ClN4. The second kappa shape index (κ2) is 5.58. The zero-order chi connectivity index (χ0) is 14.8. The van der Waals surface area contributed by atoms with Crippen LogP contribution in [0, 0.1) is 0 Å². The first-order chi connectivity index (χ1) is 10.2. The Labute approximate surface area is 128 Å². The summed E-state index contributed by atoms with van der Waals surface area (Å²) in [6.07, 6.45) is 5.72. The Hall–Kier alpha value is -2.33. The normalized spacial score (nSPS) is 11.4. The molecular weight excluding hydrogens is 284 g/mol. The molecule has 0 radical (unpaired) electrons. The van der Waals surface area contributed by atoms with Gasteiger partial charge < -0.3 is 4.90 Å². The number of hydrogen-bond donors (Lipinski definition) is 0. The molecule has 0 aliphatic rings. The summed E-state index contributed by atoms with van der Waals surface area (Å²) in [6, 6.07) is 12.0. The van der Waals surface area contributed by atoms with Crippen LogP contribution in [0.2, 0.25) is 5.28 Å². The maximum absolute atomic E-state index is 6.22. The molecule has 3 aromatic rings. The third kappa shape index (κ3) is 2.62. The number of aromatic nitrogens is 3. The van der Waals surface area contributed by atoms with Crippen LogP contribution in [0.3, 0.4) is 0 Å². The molecule has 106 valence electrons. The van der Waals surface area contributed by atoms with E-state index < -0.39 is 0 Å². The summed E-state index contributed by atoms with van der Waals surface area (Å²) in [7, 11) is 3.92. The molecule has 0 fully saturated rings. The number of fused-ring (bicyclic) bond motifs is 1. The van der Waals surface area contributed by atoms with E-state index in [0.29, 0.717) is 5.28 Å². The number of imidazole rings is 1. The number of rotatable bonds is 3. The predicted molar refractivity (Wildman–Crippen MR) is 87.7 cm³/mol. The Morgan fingerprint density at radius 2 is 1.86 bits per heavy atom. The van der Waals surface area contributed by atoms with Gasteiger partial charge in [-0.1, -0.05) is 36.4 Å². The zero-order valence-corrected chi connectivity index (χ0v) is 12.6. The molecule has 4 nitrogen and oxygen atoms in total. The Morgan fingerprint density at radius 3 is 2.57 bits per heavy atom. The Bertz CT molecular complexity index is 791. The monoisotopic (exact) mass is 298 g/mol. The topological polar surface area (TPSA) is 33.4 Å². The first kappa shape index (κ1) is 13.6. The Kier molecular flexibility index (Phi) is 3.62. The molecule has 0 N–H and O–H groups in total. The van der Waals surface area contributed by atoms with E-state index in [1.165, 1.54) is 0 Å². The molecule has 21 heavy (non-hydrogen) atoms. The third-order valence-electron chi connectivity index (χ3n) is 3.17. The second-order valence-electron chi connectivity index (χ2n) is 4.87. The van der Waals surface area contributed by atoms with Gasteiger partial charge in [0.05, 0.1) is 5.69 Å². The Morgan fingerprint density at radius 1 is 1.10 bits per heavy atom. The maximum atomic E-state index is 6.22. The van der Waals surface area contributed by atoms with E-state index in [9.17, 15) is 0 Å². The maximum Gasteiger partial charge on any atom is 0.209 e. The van der Waals surface area contributed by atoms with Gasteiger partial charge in [-0.05, 0) is 29.3 Å². The highest BCUT2D eigenvalue weighted by Gasteiger charge is 2.13. The van der Waals surface area contributed by atoms with Gasteiger partial charge in [0, 0.05) is 20.3 Å². The molecule has 5 heteroatoms. The van der Waals surface area contributed by atoms with Gasteiger partial charge in [-0.25, -0.2) is 9.97 Å². The molecule has 3 rings (SSSR count). The van der Waals surface area contributed by atoms with Crippen molar-refractivity contribution in [2.24, 2.45) is 0 Å². The lowest BCUT2D eigenvalue weighted by molar-refractivity contribution is 1.06. The van der Waals surface area contributed by atoms with E-state index in [0.717, 1.165) is 22.7 Å². The van der Waals surface area contributed by atoms with Crippen molar-refractivity contribution in [3.8, 4) is 0 Å². The zero-order valence-electron chi connectivity index (χ0n) is 11.9. The molecule has 2 heterocycles. The molecule has 0 amide bonds. The van der Waals surface area contributed by atoms with E-state index in [1.807, 2.05) is 59.8 Å². The lowest BCUT2D eigenvalue weighted by atomic mass is 10.2. The Balaban J connectivity index is 2.16. The minimum Gasteiger partial charge on any atom is -0.361 e. The van der Waals surface area contributed by atoms with Crippen LogP contribution < -0.4 is 4.90 Å². The van der Waals surface area contributed by atoms with Crippen LogP contribution in [0.25, 0.3) is 17.8 Å². The molecule has 0 spiro atoms. The number of nitrogens with zero attached hydrogens (tertiary/aromatic N) is 4. The van der Waals surface area contributed by atoms with Crippen molar-refractivity contribution < 1.29 is 0 Å². The van der Waals surface area contributed by atoms with Gasteiger partial charge in [0.25, 0.3) is 0 Å². The minimum absolute atomic E-state index is 0.404. The molecule has 1 aromatic carbocycles. The SMILES string of the molecule is CN(C)c1nc2ccnc(Cl)n2c1/C=C/c1ccccc1. The van der Waals surface area contributed by atoms with E-state index in [2.05, 4.69) is 22.1 Å². The van der Waals surface area contributed by atoms with Crippen molar-refractivity contribution in [2.75, 3.05) is 19.0 Å². The number of anilines is 1. The molecule has 0 bridgehead atoms. The van der Waals surface area contributed by atoms with Gasteiger partial charge in [-0.3, -0.25) is 4.40 Å². The summed E-state index contributed by atoms with van der Waals surface area (Å²) in [5.41, 5.74) is 2.82. The van der Waals surface area contributed by atoms with Gasteiger partial charge in [0.2, 0.25) is 5.28 Å². The molecule has 0 saturated carbocycles. The molecule has 0 atom stereocenters. The van der Waals surface area contributed by atoms with E-state index in [-0.39, 0.29) is 0 Å². The number of benzene rings is 1. The summed E-state index contributed by atoms with van der Waals surface area (Å²) in [5, 5.41) is 0.404. The van der Waals surface area contributed by atoms with Crippen LogP contribution >= 0.6 is 11.6 Å². The summed E-state index contributed by atoms with van der Waals surface area (Å²) in [6.45, 7) is 0. The van der Waals surface area contributed by atoms with E-state index >= 15 is 0 Å². The summed E-state index contributed by atoms with van der Waals surface area (Å²) in [5.74, 6) is 0.858. The van der Waals surface area contributed by atoms with Crippen LogP contribution in [0.4, 0.5) is 5.82 Å². The largest absolute Gasteiger partial charge is 0.361 e. The number of hydrogen-bond acceptors (Lipinski definition) is 3. The van der Waals surface area contributed by atoms with Crippen LogP contribution in [-0.2, 0) is 0 Å². The highest BCUT2D eigenvalue weighted by atomic mass is 35.5. The van der Waals surface area contributed by atoms with Gasteiger partial charge in [0.15, 0.2) is 5.82 Å². The van der Waals surface area contributed by atoms with Crippen LogP contribution in [-0.4, -0.2) is 28.5 Å². The molecule has 2 aromatic heterocycles. The van der Waals surface area contributed by atoms with Crippen molar-refractivity contribution in [3.05, 3.63) is 59.1 Å². The lowest BCUT2D eigenvalue weighted by Gasteiger charge is -2.09. The average Bonchev–Trinajstić information content (AvgIpc) is 2.86. The first-order valence-corrected chi connectivity index (χ1v) is 6.98. The van der Waals surface area contributed by atoms with Gasteiger partial charge in [-0.15, -0.1) is 0 Å². The van der Waals surface area contributed by atoms with Crippen molar-refractivity contribution in [2.45, 2.75) is 0 Å².